The maximum Gasteiger partial charge on any atom is 0.252 e. The van der Waals surface area contributed by atoms with Gasteiger partial charge >= 0.3 is 0 Å². The highest BCUT2D eigenvalue weighted by Crippen LogP contribution is 2.49. The zero-order chi connectivity index (χ0) is 81.3. The van der Waals surface area contributed by atoms with Crippen LogP contribution in [0.15, 0.2) is 388 Å². The van der Waals surface area contributed by atoms with Gasteiger partial charge in [-0.05, 0) is 206 Å². The molecule has 8 aliphatic rings. The van der Waals surface area contributed by atoms with Crippen molar-refractivity contribution in [1.29, 1.82) is 0 Å². The first kappa shape index (κ1) is 71.3. The normalized spacial score (nSPS) is 13.8. The van der Waals surface area contributed by atoms with Crippen LogP contribution in [0, 0.1) is 0 Å². The molecule has 122 heavy (non-hydrogen) atoms. The van der Waals surface area contributed by atoms with Gasteiger partial charge in [-0.25, -0.2) is 0 Å². The van der Waals surface area contributed by atoms with E-state index in [1.807, 2.05) is 0 Å². The summed E-state index contributed by atoms with van der Waals surface area (Å²) in [4.78, 5) is 19.1. The van der Waals surface area contributed by atoms with Crippen LogP contribution in [0.1, 0.15) is 0 Å². The monoisotopic (exact) mass is 1560 g/mol. The van der Waals surface area contributed by atoms with Gasteiger partial charge in [0.15, 0.2) is 0 Å². The van der Waals surface area contributed by atoms with E-state index in [0.29, 0.717) is 6.71 Å². The van der Waals surface area contributed by atoms with E-state index in [4.69, 9.17) is 0 Å². The van der Waals surface area contributed by atoms with Crippen molar-refractivity contribution in [3.8, 4) is 0 Å². The highest BCUT2D eigenvalue weighted by atomic mass is 15.2. The Kier molecular flexibility index (Phi) is 16.3. The van der Waals surface area contributed by atoms with E-state index in [9.17, 15) is 0 Å². The number of benzene rings is 19. The fraction of sp³-hybridized carbons (Fsp3) is 0.0545. The highest BCUT2D eigenvalue weighted by Gasteiger charge is 2.47. The van der Waals surface area contributed by atoms with Crippen LogP contribution in [0.5, 0.6) is 0 Å². The summed E-state index contributed by atoms with van der Waals surface area (Å²) >= 11 is 0. The van der Waals surface area contributed by atoms with Gasteiger partial charge in [-0.3, -0.25) is 0 Å². The predicted octanol–water partition coefficient (Wildman–Crippen LogP) is 18.6. The lowest BCUT2D eigenvalue weighted by Gasteiger charge is -2.44. The SMILES string of the molecule is CN1c2cc3ccccc3cc2B2c3cc4ccccc4cc3N(C)c3cccc1c32.CN1c2cccc3c2B(c2ccc4ccccc4c21)c1ccc2ccccc2c1N3C.CN1c2ccccc2B2c3ccccc3N(C)c3cccc1c32.c1ccc(N2c3ccccc3B3c4ccccc4N(c4ccccc4)c4c3c2cc2ccccc42)cc1. The second-order valence-electron chi connectivity index (χ2n) is 33.6. The zero-order valence-electron chi connectivity index (χ0n) is 68.8. The quantitative estimate of drug-likeness (QED) is 0.158. The van der Waals surface area contributed by atoms with Gasteiger partial charge in [0.25, 0.3) is 26.9 Å². The number of para-hydroxylation sites is 6. The molecular formula is C110H82B4N8. The van der Waals surface area contributed by atoms with E-state index in [0.717, 1.165) is 0 Å². The van der Waals surface area contributed by atoms with Gasteiger partial charge in [-0.2, -0.15) is 0 Å². The highest BCUT2D eigenvalue weighted by molar-refractivity contribution is 7.03. The van der Waals surface area contributed by atoms with Crippen molar-refractivity contribution in [2.24, 2.45) is 0 Å². The lowest BCUT2D eigenvalue weighted by molar-refractivity contribution is 1.18. The molecule has 19 aromatic carbocycles. The molecule has 0 aliphatic carbocycles. The average molecular weight is 1560 g/mol. The second-order valence-corrected chi connectivity index (χ2v) is 33.6. The van der Waals surface area contributed by atoms with E-state index in [1.165, 1.54) is 222 Å². The molecule has 0 fully saturated rings. The van der Waals surface area contributed by atoms with Gasteiger partial charge in [0.1, 0.15) is 0 Å². The molecule has 8 nitrogen and oxygen atoms in total. The molecule has 574 valence electrons. The van der Waals surface area contributed by atoms with Gasteiger partial charge in [-0.1, -0.05) is 285 Å². The first-order valence-corrected chi connectivity index (χ1v) is 42.6. The van der Waals surface area contributed by atoms with Crippen LogP contribution >= 0.6 is 0 Å². The summed E-state index contributed by atoms with van der Waals surface area (Å²) in [6.07, 6.45) is 0. The fourth-order valence-corrected chi connectivity index (χ4v) is 22.2. The molecule has 0 saturated heterocycles. The summed E-state index contributed by atoms with van der Waals surface area (Å²) in [5, 5.41) is 12.9. The fourth-order valence-electron chi connectivity index (χ4n) is 22.2. The molecule has 0 spiro atoms. The van der Waals surface area contributed by atoms with Crippen LogP contribution in [-0.2, 0) is 0 Å². The Morgan fingerprint density at radius 2 is 0.434 bits per heavy atom. The number of hydrogen-bond acceptors (Lipinski definition) is 8. The van der Waals surface area contributed by atoms with Crippen molar-refractivity contribution in [2.45, 2.75) is 0 Å². The summed E-state index contributed by atoms with van der Waals surface area (Å²) in [5.41, 5.74) is 39.8. The van der Waals surface area contributed by atoms with E-state index in [-0.39, 0.29) is 20.1 Å². The molecule has 0 aromatic heterocycles. The number of hydrogen-bond donors (Lipinski definition) is 0. The third kappa shape index (κ3) is 10.6. The van der Waals surface area contributed by atoms with Gasteiger partial charge < -0.3 is 39.2 Å². The Balaban J connectivity index is 0.0000000930. The number of nitrogens with zero attached hydrogens (tertiary/aromatic N) is 8. The minimum Gasteiger partial charge on any atom is -0.345 e. The molecular weight excluding hydrogens is 1480 g/mol. The lowest BCUT2D eigenvalue weighted by atomic mass is 9.33. The molecule has 0 N–H and O–H groups in total. The van der Waals surface area contributed by atoms with Crippen LogP contribution in [-0.4, -0.2) is 69.1 Å². The summed E-state index contributed by atoms with van der Waals surface area (Å²) in [5.74, 6) is 0. The molecule has 8 aliphatic heterocycles. The zero-order valence-corrected chi connectivity index (χ0v) is 68.8. The average Bonchev–Trinajstić information content (AvgIpc) is 0.673. The molecule has 0 amide bonds. The topological polar surface area (TPSA) is 25.9 Å². The van der Waals surface area contributed by atoms with Gasteiger partial charge in [0.2, 0.25) is 0 Å². The molecule has 0 saturated carbocycles. The van der Waals surface area contributed by atoms with Crippen LogP contribution < -0.4 is 105 Å². The minimum atomic E-state index is 0.155. The number of fused-ring (bicyclic) bond motifs is 24. The van der Waals surface area contributed by atoms with Crippen LogP contribution in [0.2, 0.25) is 0 Å². The molecule has 19 aromatic rings. The minimum absolute atomic E-state index is 0.155. The molecule has 0 bridgehead atoms. The predicted molar refractivity (Wildman–Crippen MR) is 528 cm³/mol. The first-order valence-electron chi connectivity index (χ1n) is 42.6. The summed E-state index contributed by atoms with van der Waals surface area (Å²) in [6.45, 7) is 0.943. The number of rotatable bonds is 2. The first-order chi connectivity index (χ1) is 60.1. The Morgan fingerprint density at radius 3 is 0.869 bits per heavy atom. The van der Waals surface area contributed by atoms with Crippen molar-refractivity contribution in [2.75, 3.05) is 81.5 Å². The third-order valence-corrected chi connectivity index (χ3v) is 27.5. The molecule has 12 heteroatoms. The standard InChI is InChI=1S/C34H23BN2.2C28H21BN2.C20H17BN2/c1-3-14-25(15-4-1)36-30-21-11-9-19-28(30)35-29-20-10-12-22-31(29)37(26-16-5-2-6-17-26)34-27-18-8-7-13-24(27)23-32(36)33(34)35;1-30-24-12-7-13-25-28(24)29(22-14-18-8-3-5-10-20(18)16-26(22)30)23-15-19-9-4-6-11-21(19)17-27(23)31(25)2;1-30-24-12-7-13-25-26(24)29(22-16-14-18-8-3-5-10-20(18)27(22)30)23-17-15-19-9-4-6-11-21(19)28(23)31(25)2;1-22-16-10-5-3-8-14(16)21-15-9-4-6-11-17(15)23(2)19-13-7-12-18(22)20(19)21/h1-23H;2*3-17H,1-2H3;3-13H,1-2H3. The lowest BCUT2D eigenvalue weighted by Crippen LogP contribution is -2.61. The summed E-state index contributed by atoms with van der Waals surface area (Å²) in [6, 6.07) is 142. The smallest absolute Gasteiger partial charge is 0.252 e. The Bertz CT molecular complexity index is 7240. The van der Waals surface area contributed by atoms with Crippen molar-refractivity contribution in [3.05, 3.63) is 388 Å². The third-order valence-electron chi connectivity index (χ3n) is 27.5. The molecule has 8 heterocycles. The van der Waals surface area contributed by atoms with E-state index < -0.39 is 0 Å². The van der Waals surface area contributed by atoms with Crippen molar-refractivity contribution in [3.63, 3.8) is 0 Å². The van der Waals surface area contributed by atoms with E-state index in [2.05, 4.69) is 470 Å². The molecule has 0 unspecified atom stereocenters. The van der Waals surface area contributed by atoms with Crippen LogP contribution in [0.25, 0.3) is 53.9 Å². The molecule has 0 atom stereocenters. The molecule has 27 rings (SSSR count). The van der Waals surface area contributed by atoms with Crippen LogP contribution in [0.4, 0.5) is 102 Å². The summed E-state index contributed by atoms with van der Waals surface area (Å²) in [7, 11) is 13.2. The second kappa shape index (κ2) is 27.9. The Hall–Kier alpha value is -14.9. The maximum absolute atomic E-state index is 2.48. The summed E-state index contributed by atoms with van der Waals surface area (Å²) < 4.78 is 0. The van der Waals surface area contributed by atoms with E-state index in [1.54, 1.807) is 0 Å². The van der Waals surface area contributed by atoms with Gasteiger partial charge in [0, 0.05) is 155 Å². The largest absolute Gasteiger partial charge is 0.345 e. The Labute approximate surface area is 713 Å². The number of anilines is 18. The van der Waals surface area contributed by atoms with E-state index >= 15 is 0 Å². The van der Waals surface area contributed by atoms with Crippen molar-refractivity contribution < 1.29 is 0 Å². The maximum atomic E-state index is 2.48. The van der Waals surface area contributed by atoms with Crippen molar-refractivity contribution >= 4 is 249 Å². The Morgan fingerprint density at radius 1 is 0.156 bits per heavy atom. The van der Waals surface area contributed by atoms with Gasteiger partial charge in [0.05, 0.1) is 5.69 Å². The van der Waals surface area contributed by atoms with Crippen LogP contribution in [0.3, 0.4) is 0 Å². The molecule has 0 radical (unpaired) electrons. The van der Waals surface area contributed by atoms with Crippen molar-refractivity contribution in [1.82, 2.24) is 0 Å². The van der Waals surface area contributed by atoms with Gasteiger partial charge in [-0.15, -0.1) is 0 Å².